The molecule has 17 heavy (non-hydrogen) atoms. The lowest BCUT2D eigenvalue weighted by atomic mass is 10.2. The van der Waals surface area contributed by atoms with Gasteiger partial charge < -0.3 is 14.7 Å². The quantitative estimate of drug-likeness (QED) is 0.632. The molecule has 1 fully saturated rings. The van der Waals surface area contributed by atoms with Crippen LogP contribution >= 0.6 is 0 Å². The number of aliphatic hydroxyl groups excluding tert-OH is 1. The van der Waals surface area contributed by atoms with Crippen molar-refractivity contribution in [2.24, 2.45) is 0 Å². The first kappa shape index (κ1) is 11.7. The fraction of sp³-hybridized carbons (Fsp3) is 0.455. The van der Waals surface area contributed by atoms with Crippen LogP contribution in [0.15, 0.2) is 18.2 Å². The van der Waals surface area contributed by atoms with E-state index in [4.69, 9.17) is 4.74 Å². The zero-order valence-electron chi connectivity index (χ0n) is 9.50. The summed E-state index contributed by atoms with van der Waals surface area (Å²) in [5.41, 5.74) is 0.716. The molecule has 0 aromatic heterocycles. The lowest BCUT2D eigenvalue weighted by Crippen LogP contribution is -2.21. The van der Waals surface area contributed by atoms with Crippen LogP contribution in [-0.4, -0.2) is 36.3 Å². The predicted octanol–water partition coefficient (Wildman–Crippen LogP) is 1.17. The monoisotopic (exact) mass is 238 g/mol. The number of methoxy groups -OCH3 is 1. The van der Waals surface area contributed by atoms with E-state index in [9.17, 15) is 15.2 Å². The SMILES string of the molecule is COc1cc(N2CCC(O)C2)cc([N+](=O)[O-])c1. The number of ether oxygens (including phenoxy) is 1. The highest BCUT2D eigenvalue weighted by molar-refractivity contribution is 5.58. The molecule has 1 aromatic rings. The molecule has 0 bridgehead atoms. The maximum absolute atomic E-state index is 10.8. The summed E-state index contributed by atoms with van der Waals surface area (Å²) in [7, 11) is 1.47. The summed E-state index contributed by atoms with van der Waals surface area (Å²) in [5.74, 6) is 0.454. The van der Waals surface area contributed by atoms with Crippen LogP contribution in [0.3, 0.4) is 0 Å². The molecule has 1 aliphatic rings. The van der Waals surface area contributed by atoms with Crippen LogP contribution in [-0.2, 0) is 0 Å². The Morgan fingerprint density at radius 1 is 1.53 bits per heavy atom. The molecule has 92 valence electrons. The Hall–Kier alpha value is -1.82. The summed E-state index contributed by atoms with van der Waals surface area (Å²) in [4.78, 5) is 12.3. The number of anilines is 1. The van der Waals surface area contributed by atoms with Crippen molar-refractivity contribution in [1.29, 1.82) is 0 Å². The number of nitro groups is 1. The van der Waals surface area contributed by atoms with Crippen LogP contribution in [0.5, 0.6) is 5.75 Å². The number of hydrogen-bond donors (Lipinski definition) is 1. The third-order valence-corrected chi connectivity index (χ3v) is 2.85. The molecule has 1 heterocycles. The van der Waals surface area contributed by atoms with Gasteiger partial charge in [0.1, 0.15) is 5.75 Å². The van der Waals surface area contributed by atoms with Crippen LogP contribution in [0.2, 0.25) is 0 Å². The number of nitrogens with zero attached hydrogens (tertiary/aromatic N) is 2. The van der Waals surface area contributed by atoms with Crippen LogP contribution < -0.4 is 9.64 Å². The number of hydrogen-bond acceptors (Lipinski definition) is 5. The van der Waals surface area contributed by atoms with E-state index < -0.39 is 4.92 Å². The average Bonchev–Trinajstić information content (AvgIpc) is 2.75. The molecule has 1 N–H and O–H groups in total. The molecule has 2 rings (SSSR count). The number of non-ortho nitro benzene ring substituents is 1. The van der Waals surface area contributed by atoms with Gasteiger partial charge in [0.05, 0.1) is 24.2 Å². The summed E-state index contributed by atoms with van der Waals surface area (Å²) < 4.78 is 5.04. The third kappa shape index (κ3) is 2.47. The average molecular weight is 238 g/mol. The van der Waals surface area contributed by atoms with Crippen LogP contribution in [0.1, 0.15) is 6.42 Å². The van der Waals surface area contributed by atoms with E-state index in [1.54, 1.807) is 6.07 Å². The Balaban J connectivity index is 2.32. The van der Waals surface area contributed by atoms with Gasteiger partial charge in [0.2, 0.25) is 0 Å². The van der Waals surface area contributed by atoms with E-state index >= 15 is 0 Å². The normalized spacial score (nSPS) is 19.4. The number of rotatable bonds is 3. The first-order valence-electron chi connectivity index (χ1n) is 5.36. The van der Waals surface area contributed by atoms with Gasteiger partial charge in [-0.2, -0.15) is 0 Å². The molecule has 1 unspecified atom stereocenters. The van der Waals surface area contributed by atoms with Gasteiger partial charge in [-0.25, -0.2) is 0 Å². The van der Waals surface area contributed by atoms with Crippen molar-refractivity contribution >= 4 is 11.4 Å². The first-order valence-corrected chi connectivity index (χ1v) is 5.36. The highest BCUT2D eigenvalue weighted by Gasteiger charge is 2.22. The van der Waals surface area contributed by atoms with E-state index in [0.717, 1.165) is 0 Å². The number of nitro benzene ring substituents is 1. The minimum absolute atomic E-state index is 0.000685. The van der Waals surface area contributed by atoms with Gasteiger partial charge in [-0.3, -0.25) is 10.1 Å². The summed E-state index contributed by atoms with van der Waals surface area (Å²) in [6, 6.07) is 4.63. The Morgan fingerprint density at radius 2 is 2.29 bits per heavy atom. The zero-order valence-corrected chi connectivity index (χ0v) is 9.50. The van der Waals surface area contributed by atoms with Crippen molar-refractivity contribution in [2.45, 2.75) is 12.5 Å². The van der Waals surface area contributed by atoms with Crippen molar-refractivity contribution in [2.75, 3.05) is 25.1 Å². The molecule has 0 radical (unpaired) electrons. The third-order valence-electron chi connectivity index (χ3n) is 2.85. The molecule has 1 aromatic carbocycles. The Morgan fingerprint density at radius 3 is 2.82 bits per heavy atom. The van der Waals surface area contributed by atoms with Gasteiger partial charge in [-0.05, 0) is 6.42 Å². The summed E-state index contributed by atoms with van der Waals surface area (Å²) in [6.45, 7) is 1.20. The van der Waals surface area contributed by atoms with E-state index in [-0.39, 0.29) is 11.8 Å². The molecule has 6 heteroatoms. The van der Waals surface area contributed by atoms with Crippen molar-refractivity contribution in [3.8, 4) is 5.75 Å². The lowest BCUT2D eigenvalue weighted by molar-refractivity contribution is -0.384. The maximum Gasteiger partial charge on any atom is 0.275 e. The van der Waals surface area contributed by atoms with E-state index in [2.05, 4.69) is 0 Å². The minimum Gasteiger partial charge on any atom is -0.496 e. The molecular formula is C11H14N2O4. The van der Waals surface area contributed by atoms with Gasteiger partial charge in [0.25, 0.3) is 5.69 Å². The van der Waals surface area contributed by atoms with Gasteiger partial charge >= 0.3 is 0 Å². The highest BCUT2D eigenvalue weighted by atomic mass is 16.6. The standard InChI is InChI=1S/C11H14N2O4/c1-17-11-5-8(4-9(6-11)13(15)16)12-3-2-10(14)7-12/h4-6,10,14H,2-3,7H2,1H3. The second-order valence-corrected chi connectivity index (χ2v) is 4.03. The zero-order chi connectivity index (χ0) is 12.4. The minimum atomic E-state index is -0.446. The highest BCUT2D eigenvalue weighted by Crippen LogP contribution is 2.30. The Kier molecular flexibility index (Phi) is 3.14. The molecule has 6 nitrogen and oxygen atoms in total. The number of aliphatic hydroxyl groups is 1. The number of β-amino-alcohol motifs (C(OH)–C–C–N with tert-alkyl or cyclic N) is 1. The van der Waals surface area contributed by atoms with Crippen LogP contribution in [0.25, 0.3) is 0 Å². The van der Waals surface area contributed by atoms with E-state index in [1.807, 2.05) is 4.90 Å². The van der Waals surface area contributed by atoms with Gasteiger partial charge in [0, 0.05) is 30.9 Å². The summed E-state index contributed by atoms with van der Waals surface area (Å²) in [6.07, 6.45) is 0.325. The molecule has 1 saturated heterocycles. The first-order chi connectivity index (χ1) is 8.10. The molecule has 1 atom stereocenters. The fourth-order valence-corrected chi connectivity index (χ4v) is 1.95. The summed E-state index contributed by atoms with van der Waals surface area (Å²) >= 11 is 0. The molecule has 0 spiro atoms. The predicted molar refractivity (Wildman–Crippen MR) is 62.5 cm³/mol. The topological polar surface area (TPSA) is 75.8 Å². The smallest absolute Gasteiger partial charge is 0.275 e. The van der Waals surface area contributed by atoms with Crippen LogP contribution in [0.4, 0.5) is 11.4 Å². The second kappa shape index (κ2) is 4.58. The fourth-order valence-electron chi connectivity index (χ4n) is 1.95. The second-order valence-electron chi connectivity index (χ2n) is 4.03. The van der Waals surface area contributed by atoms with Gasteiger partial charge in [0.15, 0.2) is 0 Å². The van der Waals surface area contributed by atoms with E-state index in [1.165, 1.54) is 19.2 Å². The van der Waals surface area contributed by atoms with Crippen molar-refractivity contribution in [3.63, 3.8) is 0 Å². The Labute approximate surface area is 98.6 Å². The van der Waals surface area contributed by atoms with E-state index in [0.29, 0.717) is 30.9 Å². The summed E-state index contributed by atoms with van der Waals surface area (Å²) in [5, 5.41) is 20.2. The van der Waals surface area contributed by atoms with Crippen molar-refractivity contribution in [3.05, 3.63) is 28.3 Å². The lowest BCUT2D eigenvalue weighted by Gasteiger charge is -2.18. The van der Waals surface area contributed by atoms with Gasteiger partial charge in [-0.1, -0.05) is 0 Å². The molecule has 0 saturated carbocycles. The van der Waals surface area contributed by atoms with Crippen molar-refractivity contribution < 1.29 is 14.8 Å². The molecule has 1 aliphatic heterocycles. The van der Waals surface area contributed by atoms with Crippen LogP contribution in [0, 0.1) is 10.1 Å². The Bertz CT molecular complexity index is 435. The maximum atomic E-state index is 10.8. The molecule has 0 aliphatic carbocycles. The molecule has 0 amide bonds. The van der Waals surface area contributed by atoms with Gasteiger partial charge in [-0.15, -0.1) is 0 Å². The largest absolute Gasteiger partial charge is 0.496 e. The molecular weight excluding hydrogens is 224 g/mol. The van der Waals surface area contributed by atoms with Crippen molar-refractivity contribution in [1.82, 2.24) is 0 Å². The number of benzene rings is 1.